The van der Waals surface area contributed by atoms with Crippen molar-refractivity contribution in [2.75, 3.05) is 0 Å². The van der Waals surface area contributed by atoms with Gasteiger partial charge in [0.2, 0.25) is 0 Å². The Kier molecular flexibility index (Phi) is 6.68. The van der Waals surface area contributed by atoms with Crippen LogP contribution in [0.15, 0.2) is 138 Å². The van der Waals surface area contributed by atoms with Crippen molar-refractivity contribution in [3.63, 3.8) is 0 Å². The minimum absolute atomic E-state index is 0.141. The van der Waals surface area contributed by atoms with Crippen LogP contribution in [0.25, 0.3) is 43.8 Å². The highest BCUT2D eigenvalue weighted by Crippen LogP contribution is 2.24. The van der Waals surface area contributed by atoms with E-state index in [9.17, 15) is 9.18 Å². The van der Waals surface area contributed by atoms with Crippen LogP contribution in [0.1, 0.15) is 5.56 Å². The molecule has 36 heavy (non-hydrogen) atoms. The van der Waals surface area contributed by atoms with Gasteiger partial charge in [-0.3, -0.25) is 4.79 Å². The number of hydrogen-bond donors (Lipinski definition) is 0. The molecule has 6 rings (SSSR count). The molecule has 0 amide bonds. The first-order valence-corrected chi connectivity index (χ1v) is 11.9. The van der Waals surface area contributed by atoms with Gasteiger partial charge in [0.25, 0.3) is 0 Å². The minimum atomic E-state index is -0.395. The third-order valence-corrected chi connectivity index (χ3v) is 6.27. The van der Waals surface area contributed by atoms with Gasteiger partial charge in [-0.2, -0.15) is 0 Å². The van der Waals surface area contributed by atoms with E-state index in [2.05, 4.69) is 55.5 Å². The Bertz CT molecular complexity index is 1690. The molecule has 6 aromatic carbocycles. The molecule has 0 saturated carbocycles. The van der Waals surface area contributed by atoms with E-state index in [1.54, 1.807) is 6.07 Å². The predicted octanol–water partition coefficient (Wildman–Crippen LogP) is 8.82. The van der Waals surface area contributed by atoms with Gasteiger partial charge in [-0.1, -0.05) is 121 Å². The number of hydrogen-bond acceptors (Lipinski definition) is 1. The lowest BCUT2D eigenvalue weighted by atomic mass is 10.0. The first-order valence-electron chi connectivity index (χ1n) is 11.9. The van der Waals surface area contributed by atoms with Gasteiger partial charge in [0.15, 0.2) is 5.43 Å². The molecule has 0 N–H and O–H groups in total. The summed E-state index contributed by atoms with van der Waals surface area (Å²) in [6.45, 7) is 2.11. The first-order chi connectivity index (χ1) is 17.6. The zero-order valence-electron chi connectivity index (χ0n) is 20.0. The van der Waals surface area contributed by atoms with Gasteiger partial charge in [-0.15, -0.1) is 0 Å². The molecular weight excluding hydrogens is 443 g/mol. The van der Waals surface area contributed by atoms with Crippen molar-refractivity contribution in [2.24, 2.45) is 0 Å². The van der Waals surface area contributed by atoms with Gasteiger partial charge in [0.1, 0.15) is 5.82 Å². The zero-order valence-corrected chi connectivity index (χ0v) is 20.0. The fourth-order valence-corrected chi connectivity index (χ4v) is 4.28. The average Bonchev–Trinajstić information content (AvgIpc) is 3.06. The minimum Gasteiger partial charge on any atom is -0.289 e. The summed E-state index contributed by atoms with van der Waals surface area (Å²) < 4.78 is 13.5. The van der Waals surface area contributed by atoms with Crippen LogP contribution in [0.3, 0.4) is 0 Å². The van der Waals surface area contributed by atoms with Crippen LogP contribution in [-0.4, -0.2) is 0 Å². The van der Waals surface area contributed by atoms with Crippen molar-refractivity contribution in [3.05, 3.63) is 155 Å². The smallest absolute Gasteiger partial charge is 0.194 e. The van der Waals surface area contributed by atoms with Crippen LogP contribution in [0.2, 0.25) is 0 Å². The highest BCUT2D eigenvalue weighted by molar-refractivity contribution is 5.95. The highest BCUT2D eigenvalue weighted by atomic mass is 19.1. The fraction of sp³-hybridized carbons (Fsp3) is 0.0294. The lowest BCUT2D eigenvalue weighted by Crippen LogP contribution is -1.99. The van der Waals surface area contributed by atoms with Gasteiger partial charge in [-0.25, -0.2) is 4.39 Å². The van der Waals surface area contributed by atoms with Crippen molar-refractivity contribution in [1.82, 2.24) is 0 Å². The van der Waals surface area contributed by atoms with Crippen LogP contribution in [0.5, 0.6) is 0 Å². The number of aryl methyl sites for hydroxylation is 1. The number of halogens is 1. The molecule has 0 heterocycles. The Morgan fingerprint density at radius 2 is 0.917 bits per heavy atom. The summed E-state index contributed by atoms with van der Waals surface area (Å²) in [6.07, 6.45) is 0. The summed E-state index contributed by atoms with van der Waals surface area (Å²) in [5.74, 6) is -0.395. The largest absolute Gasteiger partial charge is 0.289 e. The van der Waals surface area contributed by atoms with E-state index in [4.69, 9.17) is 0 Å². The van der Waals surface area contributed by atoms with E-state index in [1.165, 1.54) is 28.8 Å². The number of rotatable bonds is 2. The molecule has 174 valence electrons. The van der Waals surface area contributed by atoms with Crippen LogP contribution < -0.4 is 5.43 Å². The first kappa shape index (κ1) is 23.2. The van der Waals surface area contributed by atoms with Crippen molar-refractivity contribution < 1.29 is 4.39 Å². The second kappa shape index (κ2) is 10.4. The molecule has 0 spiro atoms. The van der Waals surface area contributed by atoms with Gasteiger partial charge in [0.05, 0.1) is 0 Å². The molecule has 0 aromatic heterocycles. The number of benzene rings is 5. The van der Waals surface area contributed by atoms with Crippen LogP contribution >= 0.6 is 0 Å². The fourth-order valence-electron chi connectivity index (χ4n) is 4.28. The lowest BCUT2D eigenvalue weighted by Gasteiger charge is -2.02. The summed E-state index contributed by atoms with van der Waals surface area (Å²) in [5, 5.41) is 2.61. The zero-order chi connectivity index (χ0) is 24.9. The van der Waals surface area contributed by atoms with Crippen LogP contribution in [-0.2, 0) is 0 Å². The third kappa shape index (κ3) is 5.08. The third-order valence-electron chi connectivity index (χ3n) is 6.27. The molecule has 0 unspecified atom stereocenters. The van der Waals surface area contributed by atoms with Gasteiger partial charge >= 0.3 is 0 Å². The van der Waals surface area contributed by atoms with E-state index >= 15 is 0 Å². The molecule has 0 radical (unpaired) electrons. The normalized spacial score (nSPS) is 10.6. The summed E-state index contributed by atoms with van der Waals surface area (Å²) in [4.78, 5) is 12.9. The van der Waals surface area contributed by atoms with Crippen LogP contribution in [0.4, 0.5) is 4.39 Å². The van der Waals surface area contributed by atoms with Gasteiger partial charge in [0, 0.05) is 10.8 Å². The van der Waals surface area contributed by atoms with Crippen molar-refractivity contribution >= 4 is 21.5 Å². The maximum absolute atomic E-state index is 13.5. The van der Waals surface area contributed by atoms with E-state index in [0.29, 0.717) is 10.8 Å². The summed E-state index contributed by atoms with van der Waals surface area (Å²) >= 11 is 0. The Balaban J connectivity index is 0.000000174. The van der Waals surface area contributed by atoms with Gasteiger partial charge in [-0.05, 0) is 58.1 Å². The van der Waals surface area contributed by atoms with E-state index in [-0.39, 0.29) is 5.43 Å². The molecule has 0 aliphatic rings. The lowest BCUT2D eigenvalue weighted by molar-refractivity contribution is 0.629. The quantitative estimate of drug-likeness (QED) is 0.248. The van der Waals surface area contributed by atoms with E-state index in [1.807, 2.05) is 66.7 Å². The standard InChI is InChI=1S/C21H13FO.C13H12/c22-18-11-10-16-7-6-15-8-9-17(14-4-2-1-3-5-14)12-19(15)21(23)20(16)13-18;1-11-7-9-13(10-8-11)12-5-3-2-4-6-12/h1-13H;2-10H,1H3. The molecule has 0 saturated heterocycles. The van der Waals surface area contributed by atoms with E-state index in [0.717, 1.165) is 21.9 Å². The van der Waals surface area contributed by atoms with Crippen LogP contribution in [0, 0.1) is 12.7 Å². The Morgan fingerprint density at radius 1 is 0.472 bits per heavy atom. The van der Waals surface area contributed by atoms with E-state index < -0.39 is 5.82 Å². The molecule has 1 nitrogen and oxygen atoms in total. The maximum Gasteiger partial charge on any atom is 0.194 e. The highest BCUT2D eigenvalue weighted by Gasteiger charge is 2.06. The number of fused-ring (bicyclic) bond motifs is 2. The topological polar surface area (TPSA) is 17.1 Å². The monoisotopic (exact) mass is 468 g/mol. The summed E-state index contributed by atoms with van der Waals surface area (Å²) in [6, 6.07) is 42.9. The Morgan fingerprint density at radius 3 is 1.53 bits per heavy atom. The molecule has 0 aliphatic carbocycles. The molecule has 6 aromatic rings. The van der Waals surface area contributed by atoms with Crippen molar-refractivity contribution in [1.29, 1.82) is 0 Å². The summed E-state index contributed by atoms with van der Waals surface area (Å²) in [7, 11) is 0. The predicted molar refractivity (Wildman–Crippen MR) is 150 cm³/mol. The van der Waals surface area contributed by atoms with Gasteiger partial charge < -0.3 is 0 Å². The maximum atomic E-state index is 13.5. The Hall–Kier alpha value is -4.56. The van der Waals surface area contributed by atoms with Crippen molar-refractivity contribution in [2.45, 2.75) is 6.92 Å². The second-order valence-electron chi connectivity index (χ2n) is 8.79. The molecule has 0 fully saturated rings. The molecule has 0 atom stereocenters. The second-order valence-corrected chi connectivity index (χ2v) is 8.79. The molecule has 0 aliphatic heterocycles. The molecular formula is C34H25FO. The summed E-state index contributed by atoms with van der Waals surface area (Å²) in [5.41, 5.74) is 5.76. The Labute approximate surface area is 210 Å². The average molecular weight is 469 g/mol. The SMILES string of the molecule is Cc1ccc(-c2ccccc2)cc1.O=c1c2cc(F)ccc2ccc2ccc(-c3ccccc3)cc12. The molecule has 0 bridgehead atoms. The molecule has 2 heteroatoms. The van der Waals surface area contributed by atoms with Crippen molar-refractivity contribution in [3.8, 4) is 22.3 Å².